The van der Waals surface area contributed by atoms with Gasteiger partial charge in [0.25, 0.3) is 5.91 Å². The lowest BCUT2D eigenvalue weighted by Gasteiger charge is -2.34. The standard InChI is InChI=1S/C20H25N3O3S/c1-15-10-16(2)14-23(13-15)27(25,26)19-5-3-4-18(11-19)20(24)22-12-17-6-8-21-9-7-17/h3-9,11,15-16H,10,12-14H2,1-2H3,(H,22,24). The van der Waals surface area contributed by atoms with Gasteiger partial charge in [0.05, 0.1) is 4.90 Å². The third-order valence-corrected chi connectivity index (χ3v) is 6.60. The molecule has 7 heteroatoms. The summed E-state index contributed by atoms with van der Waals surface area (Å²) in [5.74, 6) is 0.356. The molecule has 1 aliphatic rings. The molecule has 6 nitrogen and oxygen atoms in total. The van der Waals surface area contributed by atoms with E-state index in [-0.39, 0.29) is 10.8 Å². The van der Waals surface area contributed by atoms with Crippen LogP contribution in [-0.4, -0.2) is 36.7 Å². The molecule has 1 aromatic carbocycles. The first-order chi connectivity index (χ1) is 12.9. The normalized spacial score (nSPS) is 21.0. The molecule has 0 aliphatic carbocycles. The Kier molecular flexibility index (Phi) is 5.92. The van der Waals surface area contributed by atoms with Crippen LogP contribution in [-0.2, 0) is 16.6 Å². The summed E-state index contributed by atoms with van der Waals surface area (Å²) >= 11 is 0. The molecule has 1 aliphatic heterocycles. The molecule has 3 rings (SSSR count). The Balaban J connectivity index is 1.75. The summed E-state index contributed by atoms with van der Waals surface area (Å²) < 4.78 is 27.6. The zero-order chi connectivity index (χ0) is 19.4. The summed E-state index contributed by atoms with van der Waals surface area (Å²) in [6.45, 7) is 5.54. The third-order valence-electron chi connectivity index (χ3n) is 4.77. The number of benzene rings is 1. The number of carbonyl (C=O) groups is 1. The van der Waals surface area contributed by atoms with E-state index in [9.17, 15) is 13.2 Å². The van der Waals surface area contributed by atoms with E-state index >= 15 is 0 Å². The fraction of sp³-hybridized carbons (Fsp3) is 0.400. The van der Waals surface area contributed by atoms with Crippen molar-refractivity contribution in [2.75, 3.05) is 13.1 Å². The van der Waals surface area contributed by atoms with Crippen LogP contribution in [0.5, 0.6) is 0 Å². The summed E-state index contributed by atoms with van der Waals surface area (Å²) in [5, 5.41) is 2.81. The first-order valence-corrected chi connectivity index (χ1v) is 10.6. The first-order valence-electron chi connectivity index (χ1n) is 9.13. The Labute approximate surface area is 160 Å². The maximum Gasteiger partial charge on any atom is 0.251 e. The van der Waals surface area contributed by atoms with Crippen molar-refractivity contribution in [2.24, 2.45) is 11.8 Å². The van der Waals surface area contributed by atoms with Gasteiger partial charge in [0.2, 0.25) is 10.0 Å². The van der Waals surface area contributed by atoms with Gasteiger partial charge < -0.3 is 5.32 Å². The Morgan fingerprint density at radius 2 is 1.81 bits per heavy atom. The zero-order valence-electron chi connectivity index (χ0n) is 15.6. The van der Waals surface area contributed by atoms with Crippen molar-refractivity contribution in [2.45, 2.75) is 31.7 Å². The molecule has 2 atom stereocenters. The quantitative estimate of drug-likeness (QED) is 0.855. The van der Waals surface area contributed by atoms with Gasteiger partial charge >= 0.3 is 0 Å². The molecule has 0 bridgehead atoms. The fourth-order valence-electron chi connectivity index (χ4n) is 3.53. The number of nitrogens with one attached hydrogen (secondary N) is 1. The minimum absolute atomic E-state index is 0.167. The zero-order valence-corrected chi connectivity index (χ0v) is 16.4. The summed E-state index contributed by atoms with van der Waals surface area (Å²) in [6, 6.07) is 9.90. The number of pyridine rings is 1. The van der Waals surface area contributed by atoms with E-state index in [1.165, 1.54) is 6.07 Å². The molecule has 2 aromatic rings. The minimum atomic E-state index is -3.61. The van der Waals surface area contributed by atoms with Gasteiger partial charge in [-0.05, 0) is 54.2 Å². The van der Waals surface area contributed by atoms with E-state index < -0.39 is 10.0 Å². The lowest BCUT2D eigenvalue weighted by molar-refractivity contribution is 0.0950. The van der Waals surface area contributed by atoms with Crippen LogP contribution in [0, 0.1) is 11.8 Å². The second kappa shape index (κ2) is 8.19. The number of carbonyl (C=O) groups excluding carboxylic acids is 1. The van der Waals surface area contributed by atoms with Gasteiger partial charge in [-0.3, -0.25) is 9.78 Å². The largest absolute Gasteiger partial charge is 0.348 e. The average molecular weight is 388 g/mol. The number of aromatic nitrogens is 1. The van der Waals surface area contributed by atoms with Gasteiger partial charge in [-0.15, -0.1) is 0 Å². The van der Waals surface area contributed by atoms with Crippen molar-refractivity contribution in [3.05, 3.63) is 59.9 Å². The smallest absolute Gasteiger partial charge is 0.251 e. The number of nitrogens with zero attached hydrogens (tertiary/aromatic N) is 2. The maximum absolute atomic E-state index is 13.0. The predicted molar refractivity (Wildman–Crippen MR) is 104 cm³/mol. The first kappa shape index (κ1) is 19.5. The van der Waals surface area contributed by atoms with E-state index in [4.69, 9.17) is 0 Å². The van der Waals surface area contributed by atoms with Crippen LogP contribution in [0.1, 0.15) is 36.2 Å². The molecule has 27 heavy (non-hydrogen) atoms. The van der Waals surface area contributed by atoms with Crippen molar-refractivity contribution in [3.63, 3.8) is 0 Å². The Morgan fingerprint density at radius 1 is 1.15 bits per heavy atom. The van der Waals surface area contributed by atoms with Crippen molar-refractivity contribution in [1.29, 1.82) is 0 Å². The second-order valence-electron chi connectivity index (χ2n) is 7.33. The van der Waals surface area contributed by atoms with Crippen LogP contribution in [0.25, 0.3) is 0 Å². The van der Waals surface area contributed by atoms with Gasteiger partial charge in [-0.1, -0.05) is 19.9 Å². The number of rotatable bonds is 5. The number of hydrogen-bond acceptors (Lipinski definition) is 4. The molecule has 144 valence electrons. The van der Waals surface area contributed by atoms with Gasteiger partial charge in [-0.25, -0.2) is 8.42 Å². The molecule has 1 saturated heterocycles. The molecule has 1 aromatic heterocycles. The highest BCUT2D eigenvalue weighted by Crippen LogP contribution is 2.27. The van der Waals surface area contributed by atoms with Crippen LogP contribution in [0.4, 0.5) is 0 Å². The molecule has 1 fully saturated rings. The average Bonchev–Trinajstić information content (AvgIpc) is 2.66. The number of amides is 1. The summed E-state index contributed by atoms with van der Waals surface area (Å²) in [4.78, 5) is 16.5. The van der Waals surface area contributed by atoms with Crippen LogP contribution in [0.2, 0.25) is 0 Å². The minimum Gasteiger partial charge on any atom is -0.348 e. The molecule has 0 saturated carbocycles. The highest BCUT2D eigenvalue weighted by Gasteiger charge is 2.31. The van der Waals surface area contributed by atoms with E-state index in [1.54, 1.807) is 34.9 Å². The molecule has 2 heterocycles. The molecular formula is C20H25N3O3S. The summed E-state index contributed by atoms with van der Waals surface area (Å²) in [6.07, 6.45) is 4.36. The molecule has 1 N–H and O–H groups in total. The van der Waals surface area contributed by atoms with Gasteiger partial charge in [0.1, 0.15) is 0 Å². The molecule has 1 amide bonds. The lowest BCUT2D eigenvalue weighted by atomic mass is 9.94. The van der Waals surface area contributed by atoms with E-state index in [0.717, 1.165) is 12.0 Å². The highest BCUT2D eigenvalue weighted by atomic mass is 32.2. The summed E-state index contributed by atoms with van der Waals surface area (Å²) in [7, 11) is -3.61. The molecule has 0 radical (unpaired) electrons. The van der Waals surface area contributed by atoms with Crippen molar-refractivity contribution in [1.82, 2.24) is 14.6 Å². The van der Waals surface area contributed by atoms with E-state index in [2.05, 4.69) is 24.1 Å². The van der Waals surface area contributed by atoms with Gasteiger partial charge in [-0.2, -0.15) is 4.31 Å². The maximum atomic E-state index is 13.0. The predicted octanol–water partition coefficient (Wildman–Crippen LogP) is 2.68. The highest BCUT2D eigenvalue weighted by molar-refractivity contribution is 7.89. The Morgan fingerprint density at radius 3 is 2.48 bits per heavy atom. The lowest BCUT2D eigenvalue weighted by Crippen LogP contribution is -2.42. The SMILES string of the molecule is CC1CC(C)CN(S(=O)(=O)c2cccc(C(=O)NCc3ccncc3)c2)C1. The van der Waals surface area contributed by atoms with Crippen LogP contribution >= 0.6 is 0 Å². The van der Waals surface area contributed by atoms with E-state index in [0.29, 0.717) is 37.0 Å². The van der Waals surface area contributed by atoms with E-state index in [1.807, 2.05) is 12.1 Å². The number of piperidine rings is 1. The number of sulfonamides is 1. The summed E-state index contributed by atoms with van der Waals surface area (Å²) in [5.41, 5.74) is 1.27. The molecule has 2 unspecified atom stereocenters. The Hall–Kier alpha value is -2.25. The Bertz CT molecular complexity index is 890. The van der Waals surface area contributed by atoms with Crippen molar-refractivity contribution < 1.29 is 13.2 Å². The topological polar surface area (TPSA) is 79.4 Å². The number of hydrogen-bond donors (Lipinski definition) is 1. The van der Waals surface area contributed by atoms with Crippen LogP contribution < -0.4 is 5.32 Å². The van der Waals surface area contributed by atoms with Crippen LogP contribution in [0.3, 0.4) is 0 Å². The van der Waals surface area contributed by atoms with Gasteiger partial charge in [0.15, 0.2) is 0 Å². The molecule has 0 spiro atoms. The monoisotopic (exact) mass is 387 g/mol. The second-order valence-corrected chi connectivity index (χ2v) is 9.27. The van der Waals surface area contributed by atoms with Gasteiger partial charge in [0, 0.05) is 37.6 Å². The van der Waals surface area contributed by atoms with Crippen LogP contribution in [0.15, 0.2) is 53.7 Å². The van der Waals surface area contributed by atoms with Crippen molar-refractivity contribution >= 4 is 15.9 Å². The van der Waals surface area contributed by atoms with Crippen molar-refractivity contribution in [3.8, 4) is 0 Å². The third kappa shape index (κ3) is 4.73. The fourth-order valence-corrected chi connectivity index (χ4v) is 5.26. The molecular weight excluding hydrogens is 362 g/mol.